The van der Waals surface area contributed by atoms with Crippen LogP contribution in [0.4, 0.5) is 0 Å². The Morgan fingerprint density at radius 1 is 1.50 bits per heavy atom. The van der Waals surface area contributed by atoms with Gasteiger partial charge in [-0.05, 0) is 31.9 Å². The predicted molar refractivity (Wildman–Crippen MR) is 72.6 cm³/mol. The van der Waals surface area contributed by atoms with Gasteiger partial charge in [-0.1, -0.05) is 24.3 Å². The zero-order valence-electron chi connectivity index (χ0n) is 11.4. The van der Waals surface area contributed by atoms with Crippen molar-refractivity contribution in [1.82, 2.24) is 5.32 Å². The van der Waals surface area contributed by atoms with Crippen molar-refractivity contribution in [3.8, 4) is 0 Å². The maximum Gasteiger partial charge on any atom is 0.105 e. The Hall–Kier alpha value is -0.900. The summed E-state index contributed by atoms with van der Waals surface area (Å²) in [6, 6.07) is 8.58. The highest BCUT2D eigenvalue weighted by atomic mass is 16.5. The minimum absolute atomic E-state index is 0.0888. The summed E-state index contributed by atoms with van der Waals surface area (Å²) in [7, 11) is 0. The van der Waals surface area contributed by atoms with Gasteiger partial charge >= 0.3 is 0 Å². The fraction of sp³-hybridized carbons (Fsp3) is 0.600. The second-order valence-corrected chi connectivity index (χ2v) is 5.33. The lowest BCUT2D eigenvalue weighted by molar-refractivity contribution is -0.0274. The summed E-state index contributed by atoms with van der Waals surface area (Å²) in [6.45, 7) is 7.41. The standard InChI is InChI=1S/C15H23NO2/c1-11-6-4-5-7-14(11)12(2)16-10-15(17)8-9-18-13(15)3/h4-7,12-13,16-17H,8-10H2,1-3H3. The van der Waals surface area contributed by atoms with Crippen LogP contribution in [0.1, 0.15) is 37.4 Å². The first-order valence-corrected chi connectivity index (χ1v) is 6.66. The Morgan fingerprint density at radius 3 is 2.83 bits per heavy atom. The van der Waals surface area contributed by atoms with Gasteiger partial charge in [-0.3, -0.25) is 0 Å². The fourth-order valence-electron chi connectivity index (χ4n) is 2.52. The van der Waals surface area contributed by atoms with Gasteiger partial charge < -0.3 is 15.2 Å². The number of hydrogen-bond donors (Lipinski definition) is 2. The van der Waals surface area contributed by atoms with E-state index in [1.165, 1.54) is 11.1 Å². The molecule has 0 radical (unpaired) electrons. The summed E-state index contributed by atoms with van der Waals surface area (Å²) < 4.78 is 5.44. The number of benzene rings is 1. The lowest BCUT2D eigenvalue weighted by Gasteiger charge is -2.28. The lowest BCUT2D eigenvalue weighted by atomic mass is 9.95. The molecule has 1 fully saturated rings. The summed E-state index contributed by atoms with van der Waals surface area (Å²) in [5.74, 6) is 0. The first kappa shape index (κ1) is 13.5. The third-order valence-electron chi connectivity index (χ3n) is 4.03. The Bertz CT molecular complexity index is 407. The monoisotopic (exact) mass is 249 g/mol. The average molecular weight is 249 g/mol. The topological polar surface area (TPSA) is 41.5 Å². The Morgan fingerprint density at radius 2 is 2.22 bits per heavy atom. The molecule has 0 amide bonds. The van der Waals surface area contributed by atoms with E-state index in [0.29, 0.717) is 19.6 Å². The molecular weight excluding hydrogens is 226 g/mol. The first-order valence-electron chi connectivity index (χ1n) is 6.66. The molecule has 3 unspecified atom stereocenters. The maximum absolute atomic E-state index is 10.4. The van der Waals surface area contributed by atoms with E-state index in [-0.39, 0.29) is 12.1 Å². The van der Waals surface area contributed by atoms with Crippen LogP contribution in [0.2, 0.25) is 0 Å². The van der Waals surface area contributed by atoms with Gasteiger partial charge in [0.05, 0.1) is 6.10 Å². The third kappa shape index (κ3) is 2.74. The van der Waals surface area contributed by atoms with Crippen LogP contribution in [0.15, 0.2) is 24.3 Å². The molecule has 100 valence electrons. The van der Waals surface area contributed by atoms with Gasteiger partial charge in [-0.25, -0.2) is 0 Å². The maximum atomic E-state index is 10.4. The van der Waals surface area contributed by atoms with Crippen LogP contribution in [0.25, 0.3) is 0 Å². The molecule has 1 saturated heterocycles. The third-order valence-corrected chi connectivity index (χ3v) is 4.03. The van der Waals surface area contributed by atoms with Gasteiger partial charge in [0.15, 0.2) is 0 Å². The molecule has 1 heterocycles. The minimum Gasteiger partial charge on any atom is -0.386 e. The Kier molecular flexibility index (Phi) is 4.05. The van der Waals surface area contributed by atoms with Crippen molar-refractivity contribution in [3.63, 3.8) is 0 Å². The predicted octanol–water partition coefficient (Wildman–Crippen LogP) is 2.19. The summed E-state index contributed by atoms with van der Waals surface area (Å²) >= 11 is 0. The smallest absolute Gasteiger partial charge is 0.105 e. The molecule has 3 nitrogen and oxygen atoms in total. The van der Waals surface area contributed by atoms with Crippen LogP contribution < -0.4 is 5.32 Å². The summed E-state index contributed by atoms with van der Waals surface area (Å²) in [5.41, 5.74) is 1.84. The van der Waals surface area contributed by atoms with Crippen molar-refractivity contribution >= 4 is 0 Å². The Labute approximate surface area is 109 Å². The number of aliphatic hydroxyl groups is 1. The van der Waals surface area contributed by atoms with Crippen LogP contribution in [-0.2, 0) is 4.74 Å². The first-order chi connectivity index (χ1) is 8.53. The summed E-state index contributed by atoms with van der Waals surface area (Å²) in [5, 5.41) is 13.9. The molecule has 2 N–H and O–H groups in total. The van der Waals surface area contributed by atoms with Gasteiger partial charge in [-0.15, -0.1) is 0 Å². The van der Waals surface area contributed by atoms with E-state index in [0.717, 1.165) is 0 Å². The number of ether oxygens (including phenoxy) is 1. The van der Waals surface area contributed by atoms with E-state index in [4.69, 9.17) is 4.74 Å². The molecule has 0 aliphatic carbocycles. The molecule has 0 aromatic heterocycles. The number of rotatable bonds is 4. The van der Waals surface area contributed by atoms with Crippen molar-refractivity contribution in [2.45, 2.75) is 44.9 Å². The van der Waals surface area contributed by atoms with Crippen LogP contribution in [0, 0.1) is 6.92 Å². The number of nitrogens with one attached hydrogen (secondary N) is 1. The molecule has 0 saturated carbocycles. The van der Waals surface area contributed by atoms with Crippen molar-refractivity contribution < 1.29 is 9.84 Å². The van der Waals surface area contributed by atoms with Gasteiger partial charge in [0.25, 0.3) is 0 Å². The van der Waals surface area contributed by atoms with Crippen molar-refractivity contribution in [2.24, 2.45) is 0 Å². The highest BCUT2D eigenvalue weighted by Gasteiger charge is 2.39. The zero-order valence-corrected chi connectivity index (χ0v) is 11.4. The van der Waals surface area contributed by atoms with Crippen LogP contribution in [0.3, 0.4) is 0 Å². The van der Waals surface area contributed by atoms with E-state index < -0.39 is 5.60 Å². The largest absolute Gasteiger partial charge is 0.386 e. The number of aryl methyl sites for hydroxylation is 1. The fourth-order valence-corrected chi connectivity index (χ4v) is 2.52. The molecule has 2 rings (SSSR count). The molecule has 1 aromatic carbocycles. The molecule has 3 atom stereocenters. The van der Waals surface area contributed by atoms with Crippen LogP contribution >= 0.6 is 0 Å². The van der Waals surface area contributed by atoms with E-state index in [9.17, 15) is 5.11 Å². The average Bonchev–Trinajstić information content (AvgIpc) is 2.68. The van der Waals surface area contributed by atoms with E-state index in [1.807, 2.05) is 13.0 Å². The molecule has 0 spiro atoms. The second-order valence-electron chi connectivity index (χ2n) is 5.33. The molecule has 0 bridgehead atoms. The van der Waals surface area contributed by atoms with Crippen LogP contribution in [0.5, 0.6) is 0 Å². The molecule has 1 aromatic rings. The van der Waals surface area contributed by atoms with Gasteiger partial charge in [0, 0.05) is 25.6 Å². The lowest BCUT2D eigenvalue weighted by Crippen LogP contribution is -2.46. The molecular formula is C15H23NO2. The minimum atomic E-state index is -0.725. The molecule has 3 heteroatoms. The zero-order chi connectivity index (χ0) is 13.2. The van der Waals surface area contributed by atoms with E-state index in [2.05, 4.69) is 37.4 Å². The quantitative estimate of drug-likeness (QED) is 0.859. The van der Waals surface area contributed by atoms with E-state index >= 15 is 0 Å². The molecule has 1 aliphatic heterocycles. The SMILES string of the molecule is Cc1ccccc1C(C)NCC1(O)CCOC1C. The van der Waals surface area contributed by atoms with Gasteiger partial charge in [-0.2, -0.15) is 0 Å². The van der Waals surface area contributed by atoms with E-state index in [1.54, 1.807) is 0 Å². The van der Waals surface area contributed by atoms with Crippen molar-refractivity contribution in [3.05, 3.63) is 35.4 Å². The molecule has 1 aliphatic rings. The number of hydrogen-bond acceptors (Lipinski definition) is 3. The van der Waals surface area contributed by atoms with Crippen LogP contribution in [-0.4, -0.2) is 30.0 Å². The van der Waals surface area contributed by atoms with Gasteiger partial charge in [0.1, 0.15) is 5.60 Å². The second kappa shape index (κ2) is 5.39. The highest BCUT2D eigenvalue weighted by Crippen LogP contribution is 2.26. The highest BCUT2D eigenvalue weighted by molar-refractivity contribution is 5.28. The van der Waals surface area contributed by atoms with Gasteiger partial charge in [0.2, 0.25) is 0 Å². The normalized spacial score (nSPS) is 29.4. The van der Waals surface area contributed by atoms with Crippen molar-refractivity contribution in [1.29, 1.82) is 0 Å². The molecule has 18 heavy (non-hydrogen) atoms. The van der Waals surface area contributed by atoms with Crippen molar-refractivity contribution in [2.75, 3.05) is 13.2 Å². The summed E-state index contributed by atoms with van der Waals surface area (Å²) in [6.07, 6.45) is 0.621. The Balaban J connectivity index is 1.96. The summed E-state index contributed by atoms with van der Waals surface area (Å²) in [4.78, 5) is 0.